The van der Waals surface area contributed by atoms with E-state index in [4.69, 9.17) is 0 Å². The molecule has 0 radical (unpaired) electrons. The monoisotopic (exact) mass is 351 g/mol. The van der Waals surface area contributed by atoms with Crippen LogP contribution in [0.3, 0.4) is 0 Å². The smallest absolute Gasteiger partial charge is 0.103 e. The van der Waals surface area contributed by atoms with E-state index in [-0.39, 0.29) is 0 Å². The van der Waals surface area contributed by atoms with Crippen LogP contribution in [0.4, 0.5) is 5.69 Å². The number of hydrazone groups is 1. The lowest BCUT2D eigenvalue weighted by Crippen LogP contribution is -3.13. The Hall–Kier alpha value is -2.33. The molecular weight excluding hydrogens is 320 g/mol. The van der Waals surface area contributed by atoms with E-state index in [1.165, 1.54) is 22.4 Å². The molecule has 0 spiro atoms. The van der Waals surface area contributed by atoms with Gasteiger partial charge in [-0.05, 0) is 37.1 Å². The molecule has 0 amide bonds. The Kier molecular flexibility index (Phi) is 5.94. The van der Waals surface area contributed by atoms with Crippen molar-refractivity contribution in [3.63, 3.8) is 0 Å². The number of anilines is 1. The summed E-state index contributed by atoms with van der Waals surface area (Å²) in [5.74, 6) is 0. The highest BCUT2D eigenvalue weighted by molar-refractivity contribution is 5.80. The second-order valence-corrected chi connectivity index (χ2v) is 7.54. The fraction of sp³-hybridized carbons (Fsp3) is 0.409. The van der Waals surface area contributed by atoms with Crippen molar-refractivity contribution in [2.45, 2.75) is 20.4 Å². The Balaban J connectivity index is 1.50. The lowest BCUT2D eigenvalue weighted by atomic mass is 10.1. The maximum absolute atomic E-state index is 4.68. The molecule has 138 valence electrons. The number of hydrogen-bond acceptors (Lipinski definition) is 3. The summed E-state index contributed by atoms with van der Waals surface area (Å²) < 4.78 is 0. The zero-order valence-electron chi connectivity index (χ0n) is 16.5. The van der Waals surface area contributed by atoms with Gasteiger partial charge in [-0.3, -0.25) is 5.01 Å². The quantitative estimate of drug-likeness (QED) is 0.834. The second-order valence-electron chi connectivity index (χ2n) is 7.54. The molecule has 2 aromatic rings. The van der Waals surface area contributed by atoms with Crippen LogP contribution < -0.4 is 9.80 Å². The van der Waals surface area contributed by atoms with Crippen LogP contribution in [0.15, 0.2) is 47.6 Å². The molecule has 1 fully saturated rings. The highest BCUT2D eigenvalue weighted by Crippen LogP contribution is 2.11. The predicted molar refractivity (Wildman–Crippen MR) is 110 cm³/mol. The van der Waals surface area contributed by atoms with Crippen molar-refractivity contribution in [2.75, 3.05) is 45.2 Å². The number of piperazine rings is 1. The van der Waals surface area contributed by atoms with Crippen LogP contribution in [0.5, 0.6) is 0 Å². The molecule has 0 atom stereocenters. The van der Waals surface area contributed by atoms with Crippen LogP contribution in [0.25, 0.3) is 0 Å². The summed E-state index contributed by atoms with van der Waals surface area (Å²) in [6, 6.07) is 15.3. The van der Waals surface area contributed by atoms with Gasteiger partial charge in [0, 0.05) is 25.3 Å². The highest BCUT2D eigenvalue weighted by Gasteiger charge is 2.19. The first kappa shape index (κ1) is 18.5. The van der Waals surface area contributed by atoms with Crippen molar-refractivity contribution in [1.82, 2.24) is 5.01 Å². The Morgan fingerprint density at radius 2 is 1.73 bits per heavy atom. The molecule has 0 aliphatic carbocycles. The van der Waals surface area contributed by atoms with Gasteiger partial charge in [-0.25, -0.2) is 0 Å². The summed E-state index contributed by atoms with van der Waals surface area (Å²) in [4.78, 5) is 3.76. The molecule has 4 heteroatoms. The standard InChI is InChI=1S/C22H30N4/c1-18-5-8-21(19(2)15-18)17-25-11-13-26(14-12-25)23-16-20-6-9-22(10-7-20)24(3)4/h5-10,15-16H,11-14,17H2,1-4H3/p+1/b23-16-. The number of rotatable bonds is 5. The lowest BCUT2D eigenvalue weighted by Gasteiger charge is -2.30. The SMILES string of the molecule is Cc1ccc(C[NH+]2CCN(/N=C\c3ccc(N(C)C)cc3)CC2)c(C)c1. The third-order valence-corrected chi connectivity index (χ3v) is 5.17. The fourth-order valence-corrected chi connectivity index (χ4v) is 3.42. The summed E-state index contributed by atoms with van der Waals surface area (Å²) in [6.07, 6.45) is 1.98. The number of nitrogens with one attached hydrogen (secondary N) is 1. The van der Waals surface area contributed by atoms with Crippen molar-refractivity contribution in [2.24, 2.45) is 5.10 Å². The van der Waals surface area contributed by atoms with Crippen molar-refractivity contribution >= 4 is 11.9 Å². The highest BCUT2D eigenvalue weighted by atomic mass is 15.5. The first-order valence-corrected chi connectivity index (χ1v) is 9.47. The average molecular weight is 352 g/mol. The van der Waals surface area contributed by atoms with Gasteiger partial charge in [0.15, 0.2) is 0 Å². The van der Waals surface area contributed by atoms with Crippen LogP contribution in [0.1, 0.15) is 22.3 Å². The molecule has 1 aliphatic heterocycles. The van der Waals surface area contributed by atoms with Gasteiger partial charge in [-0.1, -0.05) is 35.9 Å². The first-order valence-electron chi connectivity index (χ1n) is 9.47. The average Bonchev–Trinajstić information content (AvgIpc) is 2.64. The van der Waals surface area contributed by atoms with Crippen molar-refractivity contribution in [3.05, 3.63) is 64.7 Å². The molecule has 1 N–H and O–H groups in total. The Morgan fingerprint density at radius 3 is 2.35 bits per heavy atom. The number of aryl methyl sites for hydroxylation is 2. The van der Waals surface area contributed by atoms with E-state index in [0.29, 0.717) is 0 Å². The zero-order valence-corrected chi connectivity index (χ0v) is 16.5. The van der Waals surface area contributed by atoms with E-state index < -0.39 is 0 Å². The van der Waals surface area contributed by atoms with Crippen LogP contribution in [-0.2, 0) is 6.54 Å². The zero-order chi connectivity index (χ0) is 18.5. The number of nitrogens with zero attached hydrogens (tertiary/aromatic N) is 3. The topological polar surface area (TPSA) is 23.3 Å². The summed E-state index contributed by atoms with van der Waals surface area (Å²) in [5.41, 5.74) is 6.60. The maximum atomic E-state index is 4.68. The van der Waals surface area contributed by atoms with E-state index in [9.17, 15) is 0 Å². The van der Waals surface area contributed by atoms with Crippen molar-refractivity contribution in [1.29, 1.82) is 0 Å². The molecular formula is C22H31N4+. The fourth-order valence-electron chi connectivity index (χ4n) is 3.42. The van der Waals surface area contributed by atoms with Gasteiger partial charge in [-0.2, -0.15) is 5.10 Å². The molecule has 0 saturated carbocycles. The van der Waals surface area contributed by atoms with Crippen LogP contribution in [0.2, 0.25) is 0 Å². The summed E-state index contributed by atoms with van der Waals surface area (Å²) in [5, 5.41) is 6.88. The molecule has 0 aromatic heterocycles. The molecule has 1 saturated heterocycles. The van der Waals surface area contributed by atoms with E-state index >= 15 is 0 Å². The van der Waals surface area contributed by atoms with E-state index in [1.54, 1.807) is 4.90 Å². The summed E-state index contributed by atoms with van der Waals surface area (Å²) >= 11 is 0. The molecule has 1 heterocycles. The molecule has 0 bridgehead atoms. The molecule has 4 nitrogen and oxygen atoms in total. The van der Waals surface area contributed by atoms with Gasteiger partial charge >= 0.3 is 0 Å². The van der Waals surface area contributed by atoms with E-state index in [0.717, 1.165) is 38.3 Å². The van der Waals surface area contributed by atoms with Crippen LogP contribution in [0, 0.1) is 13.8 Å². The minimum absolute atomic E-state index is 1.02. The summed E-state index contributed by atoms with van der Waals surface area (Å²) in [6.45, 7) is 9.83. The third kappa shape index (κ3) is 4.85. The van der Waals surface area contributed by atoms with Crippen molar-refractivity contribution < 1.29 is 4.90 Å². The van der Waals surface area contributed by atoms with Gasteiger partial charge in [0.05, 0.1) is 32.4 Å². The molecule has 1 aliphatic rings. The van der Waals surface area contributed by atoms with E-state index in [1.807, 2.05) is 6.21 Å². The number of quaternary nitrogens is 1. The molecule has 2 aromatic carbocycles. The normalized spacial score (nSPS) is 15.6. The van der Waals surface area contributed by atoms with Gasteiger partial charge < -0.3 is 9.80 Å². The first-order chi connectivity index (χ1) is 12.5. The maximum Gasteiger partial charge on any atom is 0.103 e. The summed E-state index contributed by atoms with van der Waals surface area (Å²) in [7, 11) is 4.12. The van der Waals surface area contributed by atoms with Gasteiger partial charge in [0.1, 0.15) is 6.54 Å². The van der Waals surface area contributed by atoms with Crippen LogP contribution in [-0.4, -0.2) is 51.5 Å². The Morgan fingerprint density at radius 1 is 1.04 bits per heavy atom. The Bertz CT molecular complexity index is 741. The van der Waals surface area contributed by atoms with Crippen molar-refractivity contribution in [3.8, 4) is 0 Å². The molecule has 26 heavy (non-hydrogen) atoms. The number of hydrogen-bond donors (Lipinski definition) is 1. The molecule has 0 unspecified atom stereocenters. The molecule has 3 rings (SSSR count). The van der Waals surface area contributed by atoms with Gasteiger partial charge in [0.25, 0.3) is 0 Å². The van der Waals surface area contributed by atoms with Gasteiger partial charge in [0.2, 0.25) is 0 Å². The largest absolute Gasteiger partial charge is 0.378 e. The minimum atomic E-state index is 1.02. The lowest BCUT2D eigenvalue weighted by molar-refractivity contribution is -0.918. The Labute approximate surface area is 157 Å². The number of benzene rings is 2. The second kappa shape index (κ2) is 8.37. The van der Waals surface area contributed by atoms with E-state index in [2.05, 4.69) is 85.4 Å². The van der Waals surface area contributed by atoms with Gasteiger partial charge in [-0.15, -0.1) is 0 Å². The van der Waals surface area contributed by atoms with Crippen LogP contribution >= 0.6 is 0 Å². The minimum Gasteiger partial charge on any atom is -0.378 e. The predicted octanol–water partition coefficient (Wildman–Crippen LogP) is 2.10. The third-order valence-electron chi connectivity index (χ3n) is 5.17.